The molecule has 1 atom stereocenters. The third-order valence-electron chi connectivity index (χ3n) is 1.18. The van der Waals surface area contributed by atoms with E-state index in [9.17, 15) is 0 Å². The van der Waals surface area contributed by atoms with Crippen molar-refractivity contribution < 1.29 is 5.11 Å². The average Bonchev–Trinajstić information content (AvgIpc) is 1.83. The Morgan fingerprint density at radius 2 is 2.22 bits per heavy atom. The van der Waals surface area contributed by atoms with E-state index >= 15 is 0 Å². The molecule has 0 aliphatic rings. The molecular formula is C7H15ClO. The number of hydrogen-bond donors (Lipinski definition) is 1. The zero-order valence-electron chi connectivity index (χ0n) is 5.84. The third kappa shape index (κ3) is 7.99. The van der Waals surface area contributed by atoms with Crippen molar-refractivity contribution in [1.82, 2.24) is 0 Å². The van der Waals surface area contributed by atoms with Gasteiger partial charge < -0.3 is 5.11 Å². The maximum Gasteiger partial charge on any atom is 0.0540 e. The second kappa shape index (κ2) is 7.99. The SMILES string of the molecule is C=CCCC(O)CC.Cl. The standard InChI is InChI=1S/C7H14O.ClH/c1-3-5-6-7(8)4-2;/h3,7-8H,1,4-6H2,2H3;1H. The second-order valence-electron chi connectivity index (χ2n) is 1.93. The zero-order chi connectivity index (χ0) is 6.41. The number of aliphatic hydroxyl groups excluding tert-OH is 1. The van der Waals surface area contributed by atoms with E-state index in [-0.39, 0.29) is 18.5 Å². The molecule has 0 bridgehead atoms. The van der Waals surface area contributed by atoms with Crippen LogP contribution < -0.4 is 0 Å². The van der Waals surface area contributed by atoms with E-state index in [0.717, 1.165) is 19.3 Å². The number of halogens is 1. The molecule has 0 radical (unpaired) electrons. The van der Waals surface area contributed by atoms with Gasteiger partial charge in [0.15, 0.2) is 0 Å². The summed E-state index contributed by atoms with van der Waals surface area (Å²) in [5, 5.41) is 8.94. The molecule has 0 aliphatic carbocycles. The predicted octanol–water partition coefficient (Wildman–Crippen LogP) is 2.15. The Balaban J connectivity index is 0. The predicted molar refractivity (Wildman–Crippen MR) is 43.0 cm³/mol. The van der Waals surface area contributed by atoms with Gasteiger partial charge in [0.25, 0.3) is 0 Å². The van der Waals surface area contributed by atoms with Crippen LogP contribution in [0, 0.1) is 0 Å². The van der Waals surface area contributed by atoms with Crippen LogP contribution in [-0.4, -0.2) is 11.2 Å². The van der Waals surface area contributed by atoms with Crippen LogP contribution in [-0.2, 0) is 0 Å². The van der Waals surface area contributed by atoms with Crippen molar-refractivity contribution in [1.29, 1.82) is 0 Å². The molecule has 0 heterocycles. The van der Waals surface area contributed by atoms with Crippen LogP contribution in [0.5, 0.6) is 0 Å². The first-order valence-corrected chi connectivity index (χ1v) is 3.10. The van der Waals surface area contributed by atoms with Gasteiger partial charge in [-0.2, -0.15) is 0 Å². The van der Waals surface area contributed by atoms with E-state index in [1.54, 1.807) is 0 Å². The Morgan fingerprint density at radius 3 is 2.56 bits per heavy atom. The number of rotatable bonds is 4. The van der Waals surface area contributed by atoms with Gasteiger partial charge in [-0.15, -0.1) is 19.0 Å². The van der Waals surface area contributed by atoms with Gasteiger partial charge >= 0.3 is 0 Å². The molecular weight excluding hydrogens is 136 g/mol. The molecule has 56 valence electrons. The van der Waals surface area contributed by atoms with Crippen molar-refractivity contribution in [3.05, 3.63) is 12.7 Å². The topological polar surface area (TPSA) is 20.2 Å². The van der Waals surface area contributed by atoms with Gasteiger partial charge in [-0.25, -0.2) is 0 Å². The van der Waals surface area contributed by atoms with Gasteiger partial charge in [0.05, 0.1) is 6.10 Å². The van der Waals surface area contributed by atoms with Crippen LogP contribution in [0.25, 0.3) is 0 Å². The lowest BCUT2D eigenvalue weighted by atomic mass is 10.1. The van der Waals surface area contributed by atoms with E-state index in [2.05, 4.69) is 6.58 Å². The Morgan fingerprint density at radius 1 is 1.67 bits per heavy atom. The highest BCUT2D eigenvalue weighted by molar-refractivity contribution is 5.85. The van der Waals surface area contributed by atoms with Gasteiger partial charge in [0, 0.05) is 0 Å². The number of hydrogen-bond acceptors (Lipinski definition) is 1. The van der Waals surface area contributed by atoms with Crippen LogP contribution in [0.1, 0.15) is 26.2 Å². The molecule has 0 spiro atoms. The lowest BCUT2D eigenvalue weighted by Crippen LogP contribution is -2.02. The van der Waals surface area contributed by atoms with Gasteiger partial charge in [0.2, 0.25) is 0 Å². The summed E-state index contributed by atoms with van der Waals surface area (Å²) in [6.45, 7) is 5.54. The first-order valence-electron chi connectivity index (χ1n) is 3.10. The van der Waals surface area contributed by atoms with E-state index < -0.39 is 0 Å². The average molecular weight is 151 g/mol. The summed E-state index contributed by atoms with van der Waals surface area (Å²) in [7, 11) is 0. The molecule has 1 nitrogen and oxygen atoms in total. The fourth-order valence-corrected chi connectivity index (χ4v) is 0.514. The molecule has 1 unspecified atom stereocenters. The maximum absolute atomic E-state index is 8.94. The molecule has 9 heavy (non-hydrogen) atoms. The molecule has 0 fully saturated rings. The summed E-state index contributed by atoms with van der Waals surface area (Å²) in [5.74, 6) is 0. The highest BCUT2D eigenvalue weighted by atomic mass is 35.5. The van der Waals surface area contributed by atoms with E-state index in [1.807, 2.05) is 13.0 Å². The lowest BCUT2D eigenvalue weighted by Gasteiger charge is -2.02. The van der Waals surface area contributed by atoms with Crippen LogP contribution in [0.2, 0.25) is 0 Å². The minimum Gasteiger partial charge on any atom is -0.393 e. The Bertz CT molecular complexity index is 63.9. The van der Waals surface area contributed by atoms with Crippen molar-refractivity contribution in [2.24, 2.45) is 0 Å². The highest BCUT2D eigenvalue weighted by Gasteiger charge is 1.95. The lowest BCUT2D eigenvalue weighted by molar-refractivity contribution is 0.161. The van der Waals surface area contributed by atoms with Crippen molar-refractivity contribution in [2.45, 2.75) is 32.3 Å². The first-order chi connectivity index (χ1) is 3.81. The van der Waals surface area contributed by atoms with Gasteiger partial charge in [-0.1, -0.05) is 13.0 Å². The van der Waals surface area contributed by atoms with E-state index in [0.29, 0.717) is 0 Å². The molecule has 0 amide bonds. The van der Waals surface area contributed by atoms with Crippen molar-refractivity contribution in [3.63, 3.8) is 0 Å². The van der Waals surface area contributed by atoms with E-state index in [4.69, 9.17) is 5.11 Å². The van der Waals surface area contributed by atoms with Crippen molar-refractivity contribution in [2.75, 3.05) is 0 Å². The Hall–Kier alpha value is -0.0100. The molecule has 0 saturated carbocycles. The van der Waals surface area contributed by atoms with Gasteiger partial charge in [-0.05, 0) is 19.3 Å². The quantitative estimate of drug-likeness (QED) is 0.609. The smallest absolute Gasteiger partial charge is 0.0540 e. The Labute approximate surface area is 63.2 Å². The van der Waals surface area contributed by atoms with Crippen molar-refractivity contribution in [3.8, 4) is 0 Å². The molecule has 1 N–H and O–H groups in total. The molecule has 0 aromatic carbocycles. The molecule has 0 aliphatic heterocycles. The summed E-state index contributed by atoms with van der Waals surface area (Å²) in [5.41, 5.74) is 0. The fourth-order valence-electron chi connectivity index (χ4n) is 0.514. The molecule has 0 rings (SSSR count). The molecule has 0 aromatic rings. The molecule has 0 aromatic heterocycles. The summed E-state index contributed by atoms with van der Waals surface area (Å²) < 4.78 is 0. The largest absolute Gasteiger partial charge is 0.393 e. The third-order valence-corrected chi connectivity index (χ3v) is 1.18. The van der Waals surface area contributed by atoms with E-state index in [1.165, 1.54) is 0 Å². The summed E-state index contributed by atoms with van der Waals surface area (Å²) in [6, 6.07) is 0. The van der Waals surface area contributed by atoms with Crippen LogP contribution in [0.4, 0.5) is 0 Å². The minimum absolute atomic E-state index is 0. The zero-order valence-corrected chi connectivity index (χ0v) is 6.66. The number of aliphatic hydroxyl groups is 1. The minimum atomic E-state index is -0.118. The van der Waals surface area contributed by atoms with Crippen LogP contribution >= 0.6 is 12.4 Å². The number of allylic oxidation sites excluding steroid dienone is 1. The fraction of sp³-hybridized carbons (Fsp3) is 0.714. The van der Waals surface area contributed by atoms with Gasteiger partial charge in [0.1, 0.15) is 0 Å². The van der Waals surface area contributed by atoms with Crippen LogP contribution in [0.3, 0.4) is 0 Å². The van der Waals surface area contributed by atoms with Crippen LogP contribution in [0.15, 0.2) is 12.7 Å². The maximum atomic E-state index is 8.94. The molecule has 2 heteroatoms. The normalized spacial score (nSPS) is 11.8. The monoisotopic (exact) mass is 150 g/mol. The molecule has 0 saturated heterocycles. The Kier molecular flexibility index (Phi) is 10.4. The summed E-state index contributed by atoms with van der Waals surface area (Å²) in [6.07, 6.45) is 4.36. The van der Waals surface area contributed by atoms with Crippen molar-refractivity contribution >= 4 is 12.4 Å². The summed E-state index contributed by atoms with van der Waals surface area (Å²) in [4.78, 5) is 0. The highest BCUT2D eigenvalue weighted by Crippen LogP contribution is 1.99. The second-order valence-corrected chi connectivity index (χ2v) is 1.93. The van der Waals surface area contributed by atoms with Gasteiger partial charge in [-0.3, -0.25) is 0 Å². The first kappa shape index (κ1) is 11.7. The summed E-state index contributed by atoms with van der Waals surface area (Å²) >= 11 is 0.